The minimum Gasteiger partial charge on any atom is -0.393 e. The van der Waals surface area contributed by atoms with Crippen LogP contribution in [0, 0.1) is 0 Å². The Morgan fingerprint density at radius 3 is 1.64 bits per heavy atom. The minimum atomic E-state index is -2.23. The highest BCUT2D eigenvalue weighted by atomic mass is 28.3. The van der Waals surface area contributed by atoms with Crippen molar-refractivity contribution >= 4 is 18.4 Å². The molecule has 2 heteroatoms. The van der Waals surface area contributed by atoms with Crippen LogP contribution in [0.25, 0.3) is 0 Å². The van der Waals surface area contributed by atoms with Gasteiger partial charge in [0, 0.05) is 0 Å². The van der Waals surface area contributed by atoms with Gasteiger partial charge in [0.1, 0.15) is 8.07 Å². The summed E-state index contributed by atoms with van der Waals surface area (Å²) in [5.41, 5.74) is 0.303. The van der Waals surface area contributed by atoms with Crippen LogP contribution >= 0.6 is 0 Å². The fourth-order valence-corrected chi connectivity index (χ4v) is 11.5. The van der Waals surface area contributed by atoms with Gasteiger partial charge in [-0.2, -0.15) is 0 Å². The third kappa shape index (κ3) is 3.90. The maximum atomic E-state index is 10.9. The highest BCUT2D eigenvalue weighted by Gasteiger charge is 2.53. The Balaban J connectivity index is 2.80. The maximum Gasteiger partial charge on any atom is 0.128 e. The van der Waals surface area contributed by atoms with E-state index < -0.39 is 8.07 Å². The van der Waals surface area contributed by atoms with Gasteiger partial charge in [-0.3, -0.25) is 0 Å². The Labute approximate surface area is 155 Å². The lowest BCUT2D eigenvalue weighted by molar-refractivity contribution is 0.176. The van der Waals surface area contributed by atoms with Crippen molar-refractivity contribution in [1.82, 2.24) is 0 Å². The largest absolute Gasteiger partial charge is 0.393 e. The van der Waals surface area contributed by atoms with Gasteiger partial charge in [0.05, 0.1) is 6.10 Å². The first-order valence-corrected chi connectivity index (χ1v) is 11.7. The van der Waals surface area contributed by atoms with Crippen LogP contribution in [-0.2, 0) is 0 Å². The van der Waals surface area contributed by atoms with Crippen molar-refractivity contribution in [2.75, 3.05) is 0 Å². The van der Waals surface area contributed by atoms with Crippen molar-refractivity contribution in [2.24, 2.45) is 0 Å². The van der Waals surface area contributed by atoms with E-state index in [4.69, 9.17) is 0 Å². The second-order valence-electron chi connectivity index (χ2n) is 8.28. The molecule has 0 aromatic heterocycles. The van der Waals surface area contributed by atoms with E-state index in [1.54, 1.807) is 0 Å². The lowest BCUT2D eigenvalue weighted by Gasteiger charge is -2.50. The monoisotopic (exact) mass is 354 g/mol. The van der Waals surface area contributed by atoms with E-state index >= 15 is 0 Å². The number of rotatable bonds is 7. The summed E-state index contributed by atoms with van der Waals surface area (Å²) in [6.45, 7) is 11.4. The Morgan fingerprint density at radius 1 is 0.880 bits per heavy atom. The Kier molecular flexibility index (Phi) is 6.64. The van der Waals surface area contributed by atoms with Gasteiger partial charge >= 0.3 is 0 Å². The lowest BCUT2D eigenvalue weighted by atomic mass is 10.1. The molecule has 0 spiro atoms. The first kappa shape index (κ1) is 19.9. The molecule has 1 N–H and O–H groups in total. The van der Waals surface area contributed by atoms with Crippen LogP contribution < -0.4 is 10.4 Å². The molecule has 1 nitrogen and oxygen atoms in total. The van der Waals surface area contributed by atoms with E-state index in [0.29, 0.717) is 5.54 Å². The highest BCUT2D eigenvalue weighted by molar-refractivity contribution is 7.05. The third-order valence-electron chi connectivity index (χ3n) is 5.65. The summed E-state index contributed by atoms with van der Waals surface area (Å²) in [5, 5.41) is 13.9. The lowest BCUT2D eigenvalue weighted by Crippen LogP contribution is -2.68. The molecule has 2 atom stereocenters. The second-order valence-corrected chi connectivity index (χ2v) is 13.3. The van der Waals surface area contributed by atoms with E-state index in [1.807, 2.05) is 6.92 Å². The molecule has 0 amide bonds. The number of hydrogen-bond acceptors (Lipinski definition) is 1. The summed E-state index contributed by atoms with van der Waals surface area (Å²) in [5.74, 6) is 0. The fraction of sp³-hybridized carbons (Fsp3) is 0.478. The number of hydrogen-bond donors (Lipinski definition) is 1. The summed E-state index contributed by atoms with van der Waals surface area (Å²) in [6, 6.07) is 22.0. The Hall–Kier alpha value is -1.38. The van der Waals surface area contributed by atoms with Crippen molar-refractivity contribution in [1.29, 1.82) is 0 Å². The Morgan fingerprint density at radius 2 is 1.32 bits per heavy atom. The van der Waals surface area contributed by atoms with Crippen molar-refractivity contribution < 1.29 is 5.11 Å². The van der Waals surface area contributed by atoms with Crippen LogP contribution in [0.3, 0.4) is 0 Å². The molecule has 2 rings (SSSR count). The third-order valence-corrected chi connectivity index (χ3v) is 12.4. The zero-order valence-electron chi connectivity index (χ0n) is 16.5. The molecule has 0 saturated carbocycles. The van der Waals surface area contributed by atoms with E-state index in [0.717, 1.165) is 6.42 Å². The molecule has 0 heterocycles. The molecule has 0 fully saturated rings. The van der Waals surface area contributed by atoms with Crippen LogP contribution in [0.15, 0.2) is 60.7 Å². The second kappa shape index (κ2) is 8.33. The number of benzene rings is 2. The predicted octanol–water partition coefficient (Wildman–Crippen LogP) is 4.99. The van der Waals surface area contributed by atoms with Gasteiger partial charge < -0.3 is 5.11 Å². The van der Waals surface area contributed by atoms with E-state index in [-0.39, 0.29) is 11.1 Å². The van der Waals surface area contributed by atoms with Crippen LogP contribution in [0.1, 0.15) is 53.9 Å². The minimum absolute atomic E-state index is 0.102. The zero-order chi connectivity index (χ0) is 18.5. The zero-order valence-corrected chi connectivity index (χ0v) is 17.5. The molecule has 0 radical (unpaired) electrons. The van der Waals surface area contributed by atoms with Crippen LogP contribution in [0.2, 0.25) is 10.6 Å². The highest BCUT2D eigenvalue weighted by Crippen LogP contribution is 2.46. The fourth-order valence-electron chi connectivity index (χ4n) is 4.66. The van der Waals surface area contributed by atoms with Gasteiger partial charge in [-0.1, -0.05) is 112 Å². The number of unbranched alkanes of at least 4 members (excludes halogenated alkanes) is 1. The molecule has 25 heavy (non-hydrogen) atoms. The molecular weight excluding hydrogens is 320 g/mol. The van der Waals surface area contributed by atoms with Gasteiger partial charge in [-0.15, -0.1) is 0 Å². The van der Waals surface area contributed by atoms with Gasteiger partial charge in [0.2, 0.25) is 0 Å². The van der Waals surface area contributed by atoms with E-state index in [1.165, 1.54) is 23.2 Å². The van der Waals surface area contributed by atoms with Crippen LogP contribution in [0.4, 0.5) is 0 Å². The van der Waals surface area contributed by atoms with E-state index in [2.05, 4.69) is 88.4 Å². The SMILES string of the molecule is CCCC[C@@H]([C@@H](C)O)[Si](c1ccccc1)(c1ccccc1)C(C)(C)C. The van der Waals surface area contributed by atoms with Crippen LogP contribution in [-0.4, -0.2) is 19.3 Å². The van der Waals surface area contributed by atoms with Crippen molar-refractivity contribution in [2.45, 2.75) is 70.6 Å². The number of aliphatic hydroxyl groups is 1. The summed E-state index contributed by atoms with van der Waals surface area (Å²) >= 11 is 0. The standard InChI is InChI=1S/C23H34OSi/c1-6-7-18-22(19(2)24)25(23(3,4)5,20-14-10-8-11-15-20)21-16-12-9-13-17-21/h8-17,19,22,24H,6-7,18H2,1-5H3/t19-,22+/m1/s1. The molecule has 136 valence electrons. The predicted molar refractivity (Wildman–Crippen MR) is 113 cm³/mol. The average molecular weight is 355 g/mol. The molecule has 0 aliphatic rings. The first-order chi connectivity index (χ1) is 11.9. The molecule has 0 bridgehead atoms. The van der Waals surface area contributed by atoms with Gasteiger partial charge in [0.15, 0.2) is 0 Å². The molecular formula is C23H34OSi. The quantitative estimate of drug-likeness (QED) is 0.694. The Bertz CT molecular complexity index is 589. The molecule has 2 aromatic carbocycles. The van der Waals surface area contributed by atoms with Crippen LogP contribution in [0.5, 0.6) is 0 Å². The molecule has 0 aliphatic carbocycles. The van der Waals surface area contributed by atoms with Crippen molar-refractivity contribution in [3.63, 3.8) is 0 Å². The molecule has 0 saturated heterocycles. The molecule has 0 unspecified atom stereocenters. The normalized spacial score (nSPS) is 15.0. The molecule has 0 aliphatic heterocycles. The van der Waals surface area contributed by atoms with E-state index in [9.17, 15) is 5.11 Å². The van der Waals surface area contributed by atoms with Gasteiger partial charge in [-0.05, 0) is 23.9 Å². The smallest absolute Gasteiger partial charge is 0.128 e. The molecule has 2 aromatic rings. The summed E-state index contributed by atoms with van der Waals surface area (Å²) in [7, 11) is -2.23. The summed E-state index contributed by atoms with van der Waals surface area (Å²) in [6.07, 6.45) is 3.11. The van der Waals surface area contributed by atoms with Crippen molar-refractivity contribution in [3.05, 3.63) is 60.7 Å². The van der Waals surface area contributed by atoms with Gasteiger partial charge in [-0.25, -0.2) is 0 Å². The first-order valence-electron chi connectivity index (χ1n) is 9.64. The number of aliphatic hydroxyl groups excluding tert-OH is 1. The topological polar surface area (TPSA) is 20.2 Å². The average Bonchev–Trinajstić information content (AvgIpc) is 2.58. The van der Waals surface area contributed by atoms with Crippen molar-refractivity contribution in [3.8, 4) is 0 Å². The summed E-state index contributed by atoms with van der Waals surface area (Å²) < 4.78 is 0. The maximum absolute atomic E-state index is 10.9. The summed E-state index contributed by atoms with van der Waals surface area (Å²) in [4.78, 5) is 0. The van der Waals surface area contributed by atoms with Gasteiger partial charge in [0.25, 0.3) is 0 Å².